The molecular weight excluding hydrogens is 236 g/mol. The summed E-state index contributed by atoms with van der Waals surface area (Å²) >= 11 is 0. The molecule has 1 aromatic carbocycles. The summed E-state index contributed by atoms with van der Waals surface area (Å²) in [5, 5.41) is 3.14. The number of hydrogen-bond acceptors (Lipinski definition) is 2. The first-order valence-corrected chi connectivity index (χ1v) is 7.27. The predicted molar refractivity (Wildman–Crippen MR) is 77.2 cm³/mol. The number of rotatable bonds is 2. The molecule has 102 valence electrons. The summed E-state index contributed by atoms with van der Waals surface area (Å²) in [6, 6.07) is 6.71. The van der Waals surface area contributed by atoms with Crippen molar-refractivity contribution in [2.24, 2.45) is 5.92 Å². The Hall–Kier alpha value is -1.35. The molecule has 1 N–H and O–H groups in total. The van der Waals surface area contributed by atoms with Gasteiger partial charge < -0.3 is 5.32 Å². The van der Waals surface area contributed by atoms with Crippen LogP contribution in [0.4, 0.5) is 5.69 Å². The lowest BCUT2D eigenvalue weighted by molar-refractivity contribution is -0.120. The van der Waals surface area contributed by atoms with Crippen molar-refractivity contribution < 1.29 is 4.79 Å². The Morgan fingerprint density at radius 2 is 2.11 bits per heavy atom. The van der Waals surface area contributed by atoms with Gasteiger partial charge in [0.15, 0.2) is 0 Å². The Morgan fingerprint density at radius 3 is 2.95 bits per heavy atom. The largest absolute Gasteiger partial charge is 0.326 e. The summed E-state index contributed by atoms with van der Waals surface area (Å²) in [6.07, 6.45) is 3.45. The summed E-state index contributed by atoms with van der Waals surface area (Å²) < 4.78 is 0. The van der Waals surface area contributed by atoms with E-state index in [-0.39, 0.29) is 11.8 Å². The van der Waals surface area contributed by atoms with E-state index >= 15 is 0 Å². The lowest BCUT2D eigenvalue weighted by Crippen LogP contribution is -2.33. The molecule has 3 rings (SSSR count). The minimum atomic E-state index is 0.183. The lowest BCUT2D eigenvalue weighted by Gasteiger charge is -2.20. The van der Waals surface area contributed by atoms with Crippen molar-refractivity contribution in [3.63, 3.8) is 0 Å². The fourth-order valence-corrected chi connectivity index (χ4v) is 3.48. The van der Waals surface area contributed by atoms with E-state index in [9.17, 15) is 4.79 Å². The first kappa shape index (κ1) is 12.7. The Labute approximate surface area is 115 Å². The summed E-state index contributed by atoms with van der Waals surface area (Å²) in [6.45, 7) is 6.38. The van der Waals surface area contributed by atoms with E-state index in [1.165, 1.54) is 24.9 Å². The number of nitrogens with one attached hydrogen (secondary N) is 1. The minimum absolute atomic E-state index is 0.183. The molecule has 0 saturated carbocycles. The number of aryl methyl sites for hydroxylation is 2. The fraction of sp³-hybridized carbons (Fsp3) is 0.562. The van der Waals surface area contributed by atoms with Crippen LogP contribution in [0.5, 0.6) is 0 Å². The first-order chi connectivity index (χ1) is 9.15. The van der Waals surface area contributed by atoms with Gasteiger partial charge in [0.1, 0.15) is 0 Å². The molecule has 2 fully saturated rings. The van der Waals surface area contributed by atoms with E-state index in [1.54, 1.807) is 0 Å². The van der Waals surface area contributed by atoms with Crippen LogP contribution in [0.15, 0.2) is 18.2 Å². The molecule has 2 atom stereocenters. The summed E-state index contributed by atoms with van der Waals surface area (Å²) in [7, 11) is 0. The van der Waals surface area contributed by atoms with E-state index in [0.29, 0.717) is 6.04 Å². The number of fused-ring (bicyclic) bond motifs is 1. The average Bonchev–Trinajstić information content (AvgIpc) is 2.95. The number of hydrogen-bond donors (Lipinski definition) is 1. The van der Waals surface area contributed by atoms with Crippen molar-refractivity contribution in [2.75, 3.05) is 18.4 Å². The normalized spacial score (nSPS) is 26.4. The van der Waals surface area contributed by atoms with Gasteiger partial charge in [0.05, 0.1) is 5.92 Å². The van der Waals surface area contributed by atoms with Gasteiger partial charge in [0, 0.05) is 11.7 Å². The summed E-state index contributed by atoms with van der Waals surface area (Å²) in [4.78, 5) is 15.0. The second kappa shape index (κ2) is 4.97. The van der Waals surface area contributed by atoms with Gasteiger partial charge in [-0.2, -0.15) is 0 Å². The molecular formula is C16H22N2O. The second-order valence-electron chi connectivity index (χ2n) is 5.95. The van der Waals surface area contributed by atoms with Crippen molar-refractivity contribution >= 4 is 11.6 Å². The highest BCUT2D eigenvalue weighted by atomic mass is 16.2. The molecule has 0 aliphatic carbocycles. The smallest absolute Gasteiger partial charge is 0.229 e. The monoisotopic (exact) mass is 258 g/mol. The van der Waals surface area contributed by atoms with Crippen LogP contribution in [0.1, 0.15) is 30.4 Å². The van der Waals surface area contributed by atoms with Crippen molar-refractivity contribution in [1.82, 2.24) is 4.90 Å². The number of anilines is 1. The topological polar surface area (TPSA) is 32.3 Å². The maximum Gasteiger partial charge on any atom is 0.229 e. The van der Waals surface area contributed by atoms with E-state index in [4.69, 9.17) is 0 Å². The van der Waals surface area contributed by atoms with Crippen LogP contribution >= 0.6 is 0 Å². The Morgan fingerprint density at radius 1 is 1.26 bits per heavy atom. The zero-order chi connectivity index (χ0) is 13.4. The second-order valence-corrected chi connectivity index (χ2v) is 5.95. The molecule has 3 heteroatoms. The number of carbonyl (C=O) groups excluding carboxylic acids is 1. The van der Waals surface area contributed by atoms with Gasteiger partial charge in [-0.3, -0.25) is 9.69 Å². The molecule has 2 saturated heterocycles. The quantitative estimate of drug-likeness (QED) is 0.884. The molecule has 2 unspecified atom stereocenters. The summed E-state index contributed by atoms with van der Waals surface area (Å²) in [5.41, 5.74) is 3.30. The maximum atomic E-state index is 12.5. The van der Waals surface area contributed by atoms with Crippen LogP contribution in [-0.2, 0) is 4.79 Å². The van der Waals surface area contributed by atoms with Gasteiger partial charge in [0.2, 0.25) is 5.91 Å². The van der Waals surface area contributed by atoms with Crippen molar-refractivity contribution in [1.29, 1.82) is 0 Å². The zero-order valence-electron chi connectivity index (χ0n) is 11.8. The van der Waals surface area contributed by atoms with Gasteiger partial charge in [-0.1, -0.05) is 12.1 Å². The molecule has 2 aliphatic rings. The highest BCUT2D eigenvalue weighted by Gasteiger charge is 2.40. The van der Waals surface area contributed by atoms with Gasteiger partial charge in [0.25, 0.3) is 0 Å². The van der Waals surface area contributed by atoms with Crippen LogP contribution in [0.3, 0.4) is 0 Å². The van der Waals surface area contributed by atoms with Crippen LogP contribution in [0.25, 0.3) is 0 Å². The fourth-order valence-electron chi connectivity index (χ4n) is 3.48. The Kier molecular flexibility index (Phi) is 3.31. The minimum Gasteiger partial charge on any atom is -0.326 e. The van der Waals surface area contributed by atoms with Crippen molar-refractivity contribution in [3.05, 3.63) is 29.3 Å². The highest BCUT2D eigenvalue weighted by molar-refractivity contribution is 5.94. The standard InChI is InChI=1S/C16H22N2O/c1-11-5-6-12(2)14(10-11)17-16(19)13-7-9-18-8-3-4-15(13)18/h5-6,10,13,15H,3-4,7-9H2,1-2H3,(H,17,19). The van der Waals surface area contributed by atoms with Gasteiger partial charge in [-0.25, -0.2) is 0 Å². The zero-order valence-corrected chi connectivity index (χ0v) is 11.8. The SMILES string of the molecule is Cc1ccc(C)c(NC(=O)C2CCN3CCCC23)c1. The van der Waals surface area contributed by atoms with E-state index in [2.05, 4.69) is 35.3 Å². The van der Waals surface area contributed by atoms with Crippen molar-refractivity contribution in [3.8, 4) is 0 Å². The van der Waals surface area contributed by atoms with Gasteiger partial charge >= 0.3 is 0 Å². The molecule has 2 aliphatic heterocycles. The average molecular weight is 258 g/mol. The van der Waals surface area contributed by atoms with E-state index in [0.717, 1.165) is 24.2 Å². The Bertz CT molecular complexity index is 498. The molecule has 0 bridgehead atoms. The molecule has 19 heavy (non-hydrogen) atoms. The van der Waals surface area contributed by atoms with Crippen molar-refractivity contribution in [2.45, 2.75) is 39.2 Å². The number of nitrogens with zero attached hydrogens (tertiary/aromatic N) is 1. The maximum absolute atomic E-state index is 12.5. The van der Waals surface area contributed by atoms with Crippen LogP contribution in [-0.4, -0.2) is 29.9 Å². The summed E-state index contributed by atoms with van der Waals surface area (Å²) in [5.74, 6) is 0.394. The number of carbonyl (C=O) groups is 1. The third-order valence-electron chi connectivity index (χ3n) is 4.59. The van der Waals surface area contributed by atoms with Crippen LogP contribution in [0.2, 0.25) is 0 Å². The van der Waals surface area contributed by atoms with Crippen LogP contribution in [0, 0.1) is 19.8 Å². The number of benzene rings is 1. The highest BCUT2D eigenvalue weighted by Crippen LogP contribution is 2.33. The van der Waals surface area contributed by atoms with E-state index < -0.39 is 0 Å². The first-order valence-electron chi connectivity index (χ1n) is 7.27. The third-order valence-corrected chi connectivity index (χ3v) is 4.59. The molecule has 0 spiro atoms. The molecule has 1 aromatic rings. The molecule has 2 heterocycles. The van der Waals surface area contributed by atoms with E-state index in [1.807, 2.05) is 6.92 Å². The Balaban J connectivity index is 1.73. The predicted octanol–water partition coefficient (Wildman–Crippen LogP) is 2.73. The molecule has 0 aromatic heterocycles. The molecule has 0 radical (unpaired) electrons. The van der Waals surface area contributed by atoms with Gasteiger partial charge in [-0.15, -0.1) is 0 Å². The lowest BCUT2D eigenvalue weighted by atomic mass is 9.97. The third kappa shape index (κ3) is 2.39. The van der Waals surface area contributed by atoms with Crippen LogP contribution < -0.4 is 5.32 Å². The molecule has 1 amide bonds. The molecule has 3 nitrogen and oxygen atoms in total. The van der Waals surface area contributed by atoms with Gasteiger partial charge in [-0.05, 0) is 63.4 Å². The number of amides is 1.